The standard InChI is InChI=1S/C76H124N2.2C11H21.Ni/c1-7-13-19-22-24-26-28-30-32-34-36-38-40-42-44-46-48-50-52-57-69-63-61-67(55-16-10-4)65-73(69)75-71(59-18-12-6)72(60-54-21-15-9-3)76(78(75)77)74-66-68(56-17-11-5)62-64-70(74)58-53-51-49-47-45-43-41-39-37-35-33-31-29-27-25-23-20-14-8-2;2*1-3-5-7-9-11-10-8-6-4-2;/h61-66H,7-47,52-60H2,1-6H3;2*1,3H,4-11H2,2H3;. The van der Waals surface area contributed by atoms with Crippen molar-refractivity contribution in [2.75, 3.05) is 0 Å². The van der Waals surface area contributed by atoms with Crippen LogP contribution in [0.25, 0.3) is 16.9 Å². The maximum absolute atomic E-state index is 13.1. The molecule has 2 aromatic carbocycles. The van der Waals surface area contributed by atoms with Crippen molar-refractivity contribution in [2.45, 2.75) is 479 Å². The molecule has 0 saturated heterocycles. The fourth-order valence-electron chi connectivity index (χ4n) is 14.6. The number of hydrogen-bond acceptors (Lipinski definition) is 0. The summed E-state index contributed by atoms with van der Waals surface area (Å²) < 4.78 is 1.70. The number of benzene rings is 2. The Kier molecular flexibility index (Phi) is 67.0. The van der Waals surface area contributed by atoms with Crippen molar-refractivity contribution in [3.63, 3.8) is 0 Å². The number of hydrogen-bond donors (Lipinski definition) is 0. The fraction of sp³-hybridized carbons (Fsp3) is 0.755. The molecule has 0 aliphatic carbocycles. The first-order chi connectivity index (χ1) is 49.9. The van der Waals surface area contributed by atoms with Gasteiger partial charge < -0.3 is 5.53 Å². The van der Waals surface area contributed by atoms with Gasteiger partial charge in [0.25, 0.3) is 0 Å². The monoisotopic (exact) mass is 1430 g/mol. The molecule has 2 aromatic rings. The fourth-order valence-corrected chi connectivity index (χ4v) is 15.3. The third-order valence-corrected chi connectivity index (χ3v) is 22.1. The Morgan fingerprint density at radius 2 is 0.535 bits per heavy atom. The molecule has 0 atom stereocenters. The van der Waals surface area contributed by atoms with Crippen LogP contribution in [-0.2, 0) is 40.1 Å². The Labute approximate surface area is 637 Å². The Morgan fingerprint density at radius 3 is 0.851 bits per heavy atom. The molecule has 1 heterocycles. The van der Waals surface area contributed by atoms with Gasteiger partial charge in [0.2, 0.25) is 11.4 Å². The smallest absolute Gasteiger partial charge is 0.211 e. The van der Waals surface area contributed by atoms with Gasteiger partial charge in [0.05, 0.1) is 0 Å². The van der Waals surface area contributed by atoms with Crippen LogP contribution >= 0.6 is 0 Å². The molecular formula is C98H166N2Ni. The van der Waals surface area contributed by atoms with E-state index in [2.05, 4.69) is 138 Å². The van der Waals surface area contributed by atoms with Gasteiger partial charge in [-0.15, -0.1) is 23.7 Å². The quantitative estimate of drug-likeness (QED) is 0.0273. The van der Waals surface area contributed by atoms with Crippen LogP contribution < -0.4 is 0 Å². The number of allylic oxidation sites excluding steroid dienone is 4. The van der Waals surface area contributed by atoms with Crippen LogP contribution in [0.1, 0.15) is 487 Å². The number of aryl methyl sites for hydroxylation is 4. The average molecular weight is 1430 g/mol. The van der Waals surface area contributed by atoms with Crippen molar-refractivity contribution in [3.8, 4) is 23.7 Å². The van der Waals surface area contributed by atoms with Crippen molar-refractivity contribution in [3.05, 3.63) is 109 Å². The summed E-state index contributed by atoms with van der Waals surface area (Å²) in [5.41, 5.74) is 25.9. The summed E-state index contributed by atoms with van der Waals surface area (Å²) in [4.78, 5) is 0. The van der Waals surface area contributed by atoms with E-state index in [1.165, 1.54) is 385 Å². The molecule has 0 saturated carbocycles. The van der Waals surface area contributed by atoms with Gasteiger partial charge in [-0.2, -0.15) is 0 Å². The summed E-state index contributed by atoms with van der Waals surface area (Å²) in [5, 5.41) is 4.57. The molecular weight excluding hydrogens is 1260 g/mol. The zero-order chi connectivity index (χ0) is 72.6. The molecule has 1 aliphatic heterocycles. The van der Waals surface area contributed by atoms with E-state index in [0.29, 0.717) is 0 Å². The first-order valence-corrected chi connectivity index (χ1v) is 46.1. The SMILES string of the molecule is CCCCCCCCCC=[CH][Ni][CH]=CCCCCCCCCC.CCCCCCCCCCCCCCCCCC#CCCc1ccc(CCCC)cc1C1=C(CCCC)C(CCCCCC)=C(c2cc(CCCC)ccc2CCC#CCCCCCCCCCCCCCCCCC)[N+]1=[N-]. The van der Waals surface area contributed by atoms with Crippen LogP contribution in [-0.4, -0.2) is 4.70 Å². The minimum Gasteiger partial charge on any atom is -0.493 e. The molecule has 2 nitrogen and oxygen atoms in total. The number of unbranched alkanes of at least 4 members (excludes halogenated alkanes) is 50. The van der Waals surface area contributed by atoms with E-state index in [1.807, 2.05) is 0 Å². The molecule has 0 unspecified atom stereocenters. The van der Waals surface area contributed by atoms with Crippen LogP contribution in [0.3, 0.4) is 0 Å². The third-order valence-electron chi connectivity index (χ3n) is 21.2. The van der Waals surface area contributed by atoms with Gasteiger partial charge in [-0.1, -0.05) is 284 Å². The molecule has 101 heavy (non-hydrogen) atoms. The predicted octanol–water partition coefficient (Wildman–Crippen LogP) is 33.5. The minimum absolute atomic E-state index is 0.858. The first-order valence-electron chi connectivity index (χ1n) is 44.9. The predicted molar refractivity (Wildman–Crippen MR) is 451 cm³/mol. The second kappa shape index (κ2) is 72.2. The van der Waals surface area contributed by atoms with Crippen molar-refractivity contribution in [1.29, 1.82) is 0 Å². The Bertz CT molecular complexity index is 2470. The first kappa shape index (κ1) is 93.7. The topological polar surface area (TPSA) is 25.3 Å². The molecule has 0 radical (unpaired) electrons. The van der Waals surface area contributed by atoms with Crippen molar-refractivity contribution >= 4 is 11.4 Å². The number of rotatable bonds is 68. The van der Waals surface area contributed by atoms with E-state index in [4.69, 9.17) is 0 Å². The summed E-state index contributed by atoms with van der Waals surface area (Å²) in [7, 11) is 0. The van der Waals surface area contributed by atoms with Crippen molar-refractivity contribution in [2.24, 2.45) is 0 Å². The van der Waals surface area contributed by atoms with E-state index in [-0.39, 0.29) is 0 Å². The van der Waals surface area contributed by atoms with Gasteiger partial charge in [-0.3, -0.25) is 0 Å². The second-order valence-corrected chi connectivity index (χ2v) is 31.8. The molecule has 3 heteroatoms. The minimum atomic E-state index is 0.858. The van der Waals surface area contributed by atoms with Crippen LogP contribution in [0.15, 0.2) is 69.8 Å². The largest absolute Gasteiger partial charge is 0.493 e. The number of nitrogens with zero attached hydrogens (tertiary/aromatic N) is 2. The summed E-state index contributed by atoms with van der Waals surface area (Å²) in [6.07, 6.45) is 90.3. The Balaban J connectivity index is 0.00000128. The van der Waals surface area contributed by atoms with Gasteiger partial charge in [0.15, 0.2) is 0 Å². The molecule has 1 aliphatic rings. The molecule has 0 spiro atoms. The summed E-state index contributed by atoms with van der Waals surface area (Å²) in [5.74, 6) is 14.4. The Hall–Kier alpha value is -3.39. The van der Waals surface area contributed by atoms with Gasteiger partial charge in [0, 0.05) is 48.0 Å². The normalized spacial score (nSPS) is 12.4. The Morgan fingerprint density at radius 1 is 0.277 bits per heavy atom. The molecule has 0 amide bonds. The maximum atomic E-state index is 13.1. The molecule has 578 valence electrons. The molecule has 0 bridgehead atoms. The summed E-state index contributed by atoms with van der Waals surface area (Å²) in [6.45, 7) is 18.4. The zero-order valence-corrected chi connectivity index (χ0v) is 69.6. The molecule has 3 rings (SSSR count). The van der Waals surface area contributed by atoms with Crippen LogP contribution in [0.2, 0.25) is 0 Å². The van der Waals surface area contributed by atoms with Crippen LogP contribution in [0, 0.1) is 23.7 Å². The third kappa shape index (κ3) is 50.7. The van der Waals surface area contributed by atoms with Crippen molar-refractivity contribution < 1.29 is 19.1 Å². The zero-order valence-electron chi connectivity index (χ0n) is 68.7. The van der Waals surface area contributed by atoms with Gasteiger partial charge in [-0.05, 0) is 111 Å². The van der Waals surface area contributed by atoms with E-state index in [1.54, 1.807) is 19.1 Å². The van der Waals surface area contributed by atoms with Gasteiger partial charge in [-0.25, -0.2) is 4.70 Å². The average Bonchev–Trinajstić information content (AvgIpc) is 1.60. The molecule has 0 aromatic heterocycles. The van der Waals surface area contributed by atoms with E-state index in [0.717, 1.165) is 94.9 Å². The van der Waals surface area contributed by atoms with Crippen LogP contribution in [0.5, 0.6) is 0 Å². The van der Waals surface area contributed by atoms with E-state index in [9.17, 15) is 5.53 Å². The summed E-state index contributed by atoms with van der Waals surface area (Å²) in [6, 6.07) is 14.5. The molecule has 0 fully saturated rings. The van der Waals surface area contributed by atoms with Gasteiger partial charge in [0.1, 0.15) is 0 Å². The maximum Gasteiger partial charge on any atom is 0.211 e. The molecule has 0 N–H and O–H groups in total. The summed E-state index contributed by atoms with van der Waals surface area (Å²) >= 11 is 1.66. The van der Waals surface area contributed by atoms with E-state index >= 15 is 0 Å². The second-order valence-electron chi connectivity index (χ2n) is 30.8. The van der Waals surface area contributed by atoms with Gasteiger partial charge >= 0.3 is 153 Å². The van der Waals surface area contributed by atoms with Crippen molar-refractivity contribution in [1.82, 2.24) is 0 Å². The van der Waals surface area contributed by atoms with Crippen LogP contribution in [0.4, 0.5) is 0 Å². The van der Waals surface area contributed by atoms with E-state index < -0.39 is 0 Å².